The molecule has 6 nitrogen and oxygen atoms in total. The van der Waals surface area contributed by atoms with Gasteiger partial charge >= 0.3 is 6.18 Å². The standard InChI is InChI=1S/C28H32F3N5OS2/c1-35-11-9-18(10-12-35)34-22-5-4-6-24-21(22)14-25(36(24)17-28(29,30)31)27-33-16-20(39-27)15-32-23-8-7-19(38-3)13-26(23)37-2/h4-8,13-14,16,18,32,34H,9-12,15,17H2,1-3H3. The van der Waals surface area contributed by atoms with Crippen molar-refractivity contribution in [3.63, 3.8) is 0 Å². The number of likely N-dealkylation sites (tertiary alicyclic amines) is 1. The summed E-state index contributed by atoms with van der Waals surface area (Å²) in [6, 6.07) is 13.6. The van der Waals surface area contributed by atoms with Crippen LogP contribution in [0.5, 0.6) is 5.75 Å². The molecule has 0 spiro atoms. The van der Waals surface area contributed by atoms with Gasteiger partial charge in [0, 0.05) is 33.1 Å². The zero-order chi connectivity index (χ0) is 27.6. The normalized spacial score (nSPS) is 15.1. The lowest BCUT2D eigenvalue weighted by Gasteiger charge is -2.30. The average molecular weight is 576 g/mol. The van der Waals surface area contributed by atoms with Crippen LogP contribution >= 0.6 is 23.1 Å². The first-order chi connectivity index (χ1) is 18.7. The van der Waals surface area contributed by atoms with Crippen molar-refractivity contribution in [2.45, 2.75) is 43.0 Å². The first kappa shape index (κ1) is 27.7. The van der Waals surface area contributed by atoms with E-state index in [1.165, 1.54) is 15.9 Å². The van der Waals surface area contributed by atoms with Crippen molar-refractivity contribution in [2.75, 3.05) is 44.1 Å². The zero-order valence-electron chi connectivity index (χ0n) is 22.1. The van der Waals surface area contributed by atoms with Crippen molar-refractivity contribution in [2.24, 2.45) is 0 Å². The maximum absolute atomic E-state index is 13.7. The highest BCUT2D eigenvalue weighted by molar-refractivity contribution is 7.98. The van der Waals surface area contributed by atoms with Crippen molar-refractivity contribution in [3.8, 4) is 16.5 Å². The van der Waals surface area contributed by atoms with Gasteiger partial charge in [0.05, 0.1) is 30.6 Å². The molecule has 1 fully saturated rings. The maximum atomic E-state index is 13.7. The lowest BCUT2D eigenvalue weighted by atomic mass is 10.0. The fourth-order valence-electron chi connectivity index (χ4n) is 4.94. The number of halogens is 3. The fourth-order valence-corrected chi connectivity index (χ4v) is 6.25. The first-order valence-corrected chi connectivity index (χ1v) is 14.8. The molecular formula is C28H32F3N5OS2. The van der Waals surface area contributed by atoms with E-state index in [0.717, 1.165) is 58.2 Å². The molecule has 1 saturated heterocycles. The Kier molecular flexibility index (Phi) is 8.29. The molecular weight excluding hydrogens is 543 g/mol. The molecule has 11 heteroatoms. The summed E-state index contributed by atoms with van der Waals surface area (Å²) >= 11 is 3.03. The second-order valence-electron chi connectivity index (χ2n) is 9.74. The largest absolute Gasteiger partial charge is 0.495 e. The van der Waals surface area contributed by atoms with E-state index in [9.17, 15) is 13.2 Å². The van der Waals surface area contributed by atoms with Gasteiger partial charge in [0.25, 0.3) is 0 Å². The van der Waals surface area contributed by atoms with E-state index < -0.39 is 12.7 Å². The number of alkyl halides is 3. The zero-order valence-corrected chi connectivity index (χ0v) is 23.8. The van der Waals surface area contributed by atoms with E-state index in [4.69, 9.17) is 4.74 Å². The highest BCUT2D eigenvalue weighted by Gasteiger charge is 2.31. The Hall–Kier alpha value is -2.89. The lowest BCUT2D eigenvalue weighted by Crippen LogP contribution is -2.36. The molecule has 0 radical (unpaired) electrons. The van der Waals surface area contributed by atoms with E-state index in [-0.39, 0.29) is 0 Å². The van der Waals surface area contributed by atoms with Gasteiger partial charge in [-0.2, -0.15) is 13.2 Å². The summed E-state index contributed by atoms with van der Waals surface area (Å²) in [5.74, 6) is 0.738. The van der Waals surface area contributed by atoms with Crippen molar-refractivity contribution < 1.29 is 17.9 Å². The van der Waals surface area contributed by atoms with Gasteiger partial charge in [-0.1, -0.05) is 6.07 Å². The number of rotatable bonds is 9. The molecule has 3 heterocycles. The van der Waals surface area contributed by atoms with Gasteiger partial charge < -0.3 is 24.8 Å². The summed E-state index contributed by atoms with van der Waals surface area (Å²) in [5.41, 5.74) is 2.73. The van der Waals surface area contributed by atoms with Crippen molar-refractivity contribution in [1.82, 2.24) is 14.5 Å². The number of methoxy groups -OCH3 is 1. The molecule has 4 aromatic rings. The second kappa shape index (κ2) is 11.7. The van der Waals surface area contributed by atoms with Crippen LogP contribution in [0.4, 0.5) is 24.5 Å². The predicted octanol–water partition coefficient (Wildman–Crippen LogP) is 7.18. The molecule has 0 atom stereocenters. The van der Waals surface area contributed by atoms with E-state index in [1.54, 1.807) is 31.1 Å². The van der Waals surface area contributed by atoms with Crippen molar-refractivity contribution in [3.05, 3.63) is 53.5 Å². The molecule has 0 unspecified atom stereocenters. The minimum atomic E-state index is -4.36. The number of thiazole rings is 1. The maximum Gasteiger partial charge on any atom is 0.406 e. The number of anilines is 2. The average Bonchev–Trinajstić information content (AvgIpc) is 3.53. The number of fused-ring (bicyclic) bond motifs is 1. The van der Waals surface area contributed by atoms with Crippen LogP contribution in [-0.4, -0.2) is 60.2 Å². The number of hydrogen-bond donors (Lipinski definition) is 2. The number of piperidine rings is 1. The Morgan fingerprint density at radius 3 is 2.64 bits per heavy atom. The third-order valence-corrected chi connectivity index (χ3v) is 8.74. The monoisotopic (exact) mass is 575 g/mol. The van der Waals surface area contributed by atoms with Crippen LogP contribution in [-0.2, 0) is 13.1 Å². The molecule has 5 rings (SSSR count). The van der Waals surface area contributed by atoms with Crippen molar-refractivity contribution >= 4 is 45.4 Å². The number of hydrogen-bond acceptors (Lipinski definition) is 7. The Morgan fingerprint density at radius 1 is 1.13 bits per heavy atom. The highest BCUT2D eigenvalue weighted by Crippen LogP contribution is 2.37. The SMILES string of the molecule is COc1cc(SC)ccc1NCc1cnc(-c2cc3c(NC4CCN(C)CC4)cccc3n2CC(F)(F)F)s1. The summed E-state index contributed by atoms with van der Waals surface area (Å²) in [6.07, 6.45) is 1.36. The quantitative estimate of drug-likeness (QED) is 0.206. The molecule has 208 valence electrons. The predicted molar refractivity (Wildman–Crippen MR) is 155 cm³/mol. The molecule has 1 aliphatic rings. The molecule has 2 N–H and O–H groups in total. The number of benzene rings is 2. The van der Waals surface area contributed by atoms with Gasteiger partial charge in [0.15, 0.2) is 0 Å². The summed E-state index contributed by atoms with van der Waals surface area (Å²) in [6.45, 7) is 1.40. The number of nitrogens with zero attached hydrogens (tertiary/aromatic N) is 3. The van der Waals surface area contributed by atoms with Crippen LogP contribution in [0, 0.1) is 0 Å². The third-order valence-electron chi connectivity index (χ3n) is 7.00. The van der Waals surface area contributed by atoms with Crippen LogP contribution in [0.2, 0.25) is 0 Å². The number of nitrogens with one attached hydrogen (secondary N) is 2. The third kappa shape index (κ3) is 6.47. The molecule has 2 aromatic carbocycles. The van der Waals surface area contributed by atoms with E-state index in [2.05, 4.69) is 27.6 Å². The molecule has 0 saturated carbocycles. The summed E-state index contributed by atoms with van der Waals surface area (Å²) < 4.78 is 48.0. The smallest absolute Gasteiger partial charge is 0.406 e. The Labute approximate surface area is 234 Å². The fraction of sp³-hybridized carbons (Fsp3) is 0.393. The summed E-state index contributed by atoms with van der Waals surface area (Å²) in [5, 5.41) is 8.31. The van der Waals surface area contributed by atoms with E-state index >= 15 is 0 Å². The van der Waals surface area contributed by atoms with Gasteiger partial charge in [-0.15, -0.1) is 23.1 Å². The van der Waals surface area contributed by atoms with Gasteiger partial charge in [-0.25, -0.2) is 4.98 Å². The molecule has 1 aliphatic heterocycles. The number of thioether (sulfide) groups is 1. The molecule has 0 amide bonds. The second-order valence-corrected chi connectivity index (χ2v) is 11.7. The minimum absolute atomic E-state index is 0.292. The lowest BCUT2D eigenvalue weighted by molar-refractivity contribution is -0.139. The van der Waals surface area contributed by atoms with E-state index in [1.807, 2.05) is 42.7 Å². The topological polar surface area (TPSA) is 54.4 Å². The molecule has 39 heavy (non-hydrogen) atoms. The Balaban J connectivity index is 1.43. The van der Waals surface area contributed by atoms with Crippen LogP contribution in [0.3, 0.4) is 0 Å². The van der Waals surface area contributed by atoms with Gasteiger partial charge in [0.2, 0.25) is 0 Å². The minimum Gasteiger partial charge on any atom is -0.495 e. The highest BCUT2D eigenvalue weighted by atomic mass is 32.2. The first-order valence-electron chi connectivity index (χ1n) is 12.8. The van der Waals surface area contributed by atoms with Crippen LogP contribution < -0.4 is 15.4 Å². The van der Waals surface area contributed by atoms with Crippen LogP contribution in [0.1, 0.15) is 17.7 Å². The van der Waals surface area contributed by atoms with Gasteiger partial charge in [0.1, 0.15) is 17.3 Å². The number of ether oxygens (including phenoxy) is 1. The number of aromatic nitrogens is 2. The summed E-state index contributed by atoms with van der Waals surface area (Å²) in [4.78, 5) is 8.84. The van der Waals surface area contributed by atoms with Crippen molar-refractivity contribution in [1.29, 1.82) is 0 Å². The molecule has 0 bridgehead atoms. The van der Waals surface area contributed by atoms with Gasteiger partial charge in [-0.05, 0) is 75.6 Å². The van der Waals surface area contributed by atoms with Crippen LogP contribution in [0.25, 0.3) is 21.6 Å². The Morgan fingerprint density at radius 2 is 1.92 bits per heavy atom. The van der Waals surface area contributed by atoms with Gasteiger partial charge in [-0.3, -0.25) is 0 Å². The Bertz CT molecular complexity index is 1430. The molecule has 0 aliphatic carbocycles. The van der Waals surface area contributed by atoms with Crippen LogP contribution in [0.15, 0.2) is 53.6 Å². The summed E-state index contributed by atoms with van der Waals surface area (Å²) in [7, 11) is 3.74. The van der Waals surface area contributed by atoms with E-state index in [0.29, 0.717) is 28.8 Å². The molecule has 2 aromatic heterocycles.